The van der Waals surface area contributed by atoms with E-state index in [0.29, 0.717) is 5.56 Å². The first-order valence-corrected chi connectivity index (χ1v) is 9.33. The number of rotatable bonds is 5. The lowest BCUT2D eigenvalue weighted by Gasteiger charge is -2.24. The minimum atomic E-state index is -0.830. The van der Waals surface area contributed by atoms with Crippen molar-refractivity contribution in [1.82, 2.24) is 14.8 Å². The van der Waals surface area contributed by atoms with Crippen LogP contribution >= 0.6 is 0 Å². The highest BCUT2D eigenvalue weighted by molar-refractivity contribution is 6.39. The Morgan fingerprint density at radius 2 is 1.86 bits per heavy atom. The van der Waals surface area contributed by atoms with Crippen LogP contribution in [0.5, 0.6) is 0 Å². The van der Waals surface area contributed by atoms with Crippen LogP contribution in [0.4, 0.5) is 10.1 Å². The van der Waals surface area contributed by atoms with Gasteiger partial charge in [-0.25, -0.2) is 4.39 Å². The van der Waals surface area contributed by atoms with E-state index in [-0.39, 0.29) is 18.3 Å². The molecule has 0 aliphatic carbocycles. The van der Waals surface area contributed by atoms with E-state index in [4.69, 9.17) is 0 Å². The van der Waals surface area contributed by atoms with Gasteiger partial charge in [0.15, 0.2) is 0 Å². The summed E-state index contributed by atoms with van der Waals surface area (Å²) in [4.78, 5) is 26.5. The van der Waals surface area contributed by atoms with Gasteiger partial charge in [-0.1, -0.05) is 24.3 Å². The van der Waals surface area contributed by atoms with Gasteiger partial charge in [-0.05, 0) is 50.3 Å². The number of aryl methyl sites for hydroxylation is 2. The fourth-order valence-electron chi connectivity index (χ4n) is 3.34. The third-order valence-corrected chi connectivity index (χ3v) is 5.00. The summed E-state index contributed by atoms with van der Waals surface area (Å²) in [6.07, 6.45) is 2.04. The zero-order valence-corrected chi connectivity index (χ0v) is 17.0. The fourth-order valence-corrected chi connectivity index (χ4v) is 3.34. The van der Waals surface area contributed by atoms with Gasteiger partial charge >= 0.3 is 11.8 Å². The van der Waals surface area contributed by atoms with Gasteiger partial charge in [-0.2, -0.15) is 0 Å². The molecule has 0 fully saturated rings. The number of nitrogens with zero attached hydrogens (tertiary/aromatic N) is 2. The lowest BCUT2D eigenvalue weighted by atomic mass is 10.0. The van der Waals surface area contributed by atoms with Crippen molar-refractivity contribution in [3.8, 4) is 0 Å². The molecule has 3 rings (SSSR count). The van der Waals surface area contributed by atoms with E-state index in [9.17, 15) is 14.0 Å². The quantitative estimate of drug-likeness (QED) is 0.652. The van der Waals surface area contributed by atoms with Crippen molar-refractivity contribution in [2.75, 3.05) is 26.0 Å². The second-order valence-corrected chi connectivity index (χ2v) is 7.32. The lowest BCUT2D eigenvalue weighted by Crippen LogP contribution is -2.40. The third-order valence-electron chi connectivity index (χ3n) is 5.00. The Labute approximate surface area is 169 Å². The third kappa shape index (κ3) is 4.46. The topological polar surface area (TPSA) is 66.4 Å². The van der Waals surface area contributed by atoms with E-state index >= 15 is 0 Å². The first-order chi connectivity index (χ1) is 13.8. The number of amides is 2. The zero-order valence-electron chi connectivity index (χ0n) is 17.0. The monoisotopic (exact) mass is 396 g/mol. The molecule has 152 valence electrons. The maximum absolute atomic E-state index is 13.6. The summed E-state index contributed by atoms with van der Waals surface area (Å²) in [6, 6.07) is 12.2. The molecule has 1 aromatic heterocycles. The standard InChI is InChI=1S/C22H25FN4O2/c1-14-9-10-15(11-18(14)23)25-22(29)21(28)24-12-20(26(2)3)17-13-27(4)19-8-6-5-7-16(17)19/h5-11,13,20H,12H2,1-4H3,(H,24,28)(H,25,29). The van der Waals surface area contributed by atoms with Gasteiger partial charge in [0.2, 0.25) is 0 Å². The van der Waals surface area contributed by atoms with Gasteiger partial charge in [0, 0.05) is 36.4 Å². The largest absolute Gasteiger partial charge is 0.350 e. The van der Waals surface area contributed by atoms with Crippen LogP contribution in [0.1, 0.15) is 17.2 Å². The summed E-state index contributed by atoms with van der Waals surface area (Å²) in [6.45, 7) is 1.89. The van der Waals surface area contributed by atoms with Crippen LogP contribution in [0.3, 0.4) is 0 Å². The van der Waals surface area contributed by atoms with E-state index in [2.05, 4.69) is 10.6 Å². The summed E-state index contributed by atoms with van der Waals surface area (Å²) in [7, 11) is 5.83. The first kappa shape index (κ1) is 20.5. The van der Waals surface area contributed by atoms with Crippen molar-refractivity contribution < 1.29 is 14.0 Å². The molecule has 0 saturated heterocycles. The second-order valence-electron chi connectivity index (χ2n) is 7.32. The molecule has 0 saturated carbocycles. The van der Waals surface area contributed by atoms with Crippen LogP contribution in [0.25, 0.3) is 10.9 Å². The Morgan fingerprint density at radius 3 is 2.55 bits per heavy atom. The van der Waals surface area contributed by atoms with E-state index < -0.39 is 17.6 Å². The SMILES string of the molecule is Cc1ccc(NC(=O)C(=O)NCC(c2cn(C)c3ccccc23)N(C)C)cc1F. The number of carbonyl (C=O) groups is 2. The molecule has 3 aromatic rings. The van der Waals surface area contributed by atoms with Crippen LogP contribution in [0.2, 0.25) is 0 Å². The highest BCUT2D eigenvalue weighted by atomic mass is 19.1. The number of hydrogen-bond acceptors (Lipinski definition) is 3. The Balaban J connectivity index is 1.70. The average molecular weight is 396 g/mol. The van der Waals surface area contributed by atoms with Crippen molar-refractivity contribution in [2.45, 2.75) is 13.0 Å². The van der Waals surface area contributed by atoms with Crippen LogP contribution in [0, 0.1) is 12.7 Å². The Morgan fingerprint density at radius 1 is 1.14 bits per heavy atom. The summed E-state index contributed by atoms with van der Waals surface area (Å²) < 4.78 is 15.7. The maximum Gasteiger partial charge on any atom is 0.313 e. The number of para-hydroxylation sites is 1. The molecule has 0 aliphatic heterocycles. The van der Waals surface area contributed by atoms with Crippen molar-refractivity contribution in [3.63, 3.8) is 0 Å². The number of likely N-dealkylation sites (N-methyl/N-ethyl adjacent to an activating group) is 1. The summed E-state index contributed by atoms with van der Waals surface area (Å²) in [5.41, 5.74) is 2.87. The highest BCUT2D eigenvalue weighted by Gasteiger charge is 2.22. The number of aromatic nitrogens is 1. The zero-order chi connectivity index (χ0) is 21.1. The molecule has 0 bridgehead atoms. The molecule has 2 amide bonds. The van der Waals surface area contributed by atoms with Crippen LogP contribution < -0.4 is 10.6 Å². The van der Waals surface area contributed by atoms with Gasteiger partial charge in [0.25, 0.3) is 0 Å². The number of anilines is 1. The Kier molecular flexibility index (Phi) is 5.98. The highest BCUT2D eigenvalue weighted by Crippen LogP contribution is 2.28. The van der Waals surface area contributed by atoms with Crippen LogP contribution in [-0.4, -0.2) is 41.9 Å². The van der Waals surface area contributed by atoms with Crippen molar-refractivity contribution in [3.05, 3.63) is 65.6 Å². The molecule has 0 spiro atoms. The van der Waals surface area contributed by atoms with Crippen molar-refractivity contribution in [1.29, 1.82) is 0 Å². The molecule has 29 heavy (non-hydrogen) atoms. The number of benzene rings is 2. The Hall–Kier alpha value is -3.19. The fraction of sp³-hybridized carbons (Fsp3) is 0.273. The van der Waals surface area contributed by atoms with E-state index in [1.165, 1.54) is 6.07 Å². The molecule has 1 heterocycles. The number of hydrogen-bond donors (Lipinski definition) is 2. The number of carbonyl (C=O) groups excluding carboxylic acids is 2. The first-order valence-electron chi connectivity index (χ1n) is 9.33. The summed E-state index contributed by atoms with van der Waals surface area (Å²) in [5.74, 6) is -2.03. The minimum absolute atomic E-state index is 0.116. The predicted molar refractivity (Wildman–Crippen MR) is 112 cm³/mol. The molecule has 0 radical (unpaired) electrons. The molecule has 7 heteroatoms. The lowest BCUT2D eigenvalue weighted by molar-refractivity contribution is -0.136. The maximum atomic E-state index is 13.6. The molecule has 2 aromatic carbocycles. The summed E-state index contributed by atoms with van der Waals surface area (Å²) in [5, 5.41) is 6.21. The minimum Gasteiger partial charge on any atom is -0.350 e. The number of halogens is 1. The van der Waals surface area contributed by atoms with Crippen LogP contribution in [0.15, 0.2) is 48.7 Å². The molecule has 0 aliphatic rings. The smallest absolute Gasteiger partial charge is 0.313 e. The number of fused-ring (bicyclic) bond motifs is 1. The predicted octanol–water partition coefficient (Wildman–Crippen LogP) is 2.98. The van der Waals surface area contributed by atoms with Crippen molar-refractivity contribution in [2.24, 2.45) is 7.05 Å². The second kappa shape index (κ2) is 8.45. The molecule has 1 unspecified atom stereocenters. The molecule has 6 nitrogen and oxygen atoms in total. The van der Waals surface area contributed by atoms with E-state index in [1.807, 2.05) is 61.1 Å². The summed E-state index contributed by atoms with van der Waals surface area (Å²) >= 11 is 0. The van der Waals surface area contributed by atoms with Crippen molar-refractivity contribution >= 4 is 28.4 Å². The van der Waals surface area contributed by atoms with E-state index in [0.717, 1.165) is 16.5 Å². The van der Waals surface area contributed by atoms with E-state index in [1.54, 1.807) is 19.1 Å². The van der Waals surface area contributed by atoms with Crippen LogP contribution in [-0.2, 0) is 16.6 Å². The molecular weight excluding hydrogens is 371 g/mol. The molecule has 1 atom stereocenters. The Bertz CT molecular complexity index is 1060. The van der Waals surface area contributed by atoms with Gasteiger partial charge in [-0.3, -0.25) is 9.59 Å². The molecule has 2 N–H and O–H groups in total. The average Bonchev–Trinajstić information content (AvgIpc) is 3.01. The molecular formula is C22H25FN4O2. The van der Waals surface area contributed by atoms with Gasteiger partial charge in [0.1, 0.15) is 5.82 Å². The number of nitrogens with one attached hydrogen (secondary N) is 2. The van der Waals surface area contributed by atoms with Gasteiger partial charge in [-0.15, -0.1) is 0 Å². The van der Waals surface area contributed by atoms with Gasteiger partial charge < -0.3 is 20.1 Å². The normalized spacial score (nSPS) is 12.2. The van der Waals surface area contributed by atoms with Gasteiger partial charge in [0.05, 0.1) is 6.04 Å².